The summed E-state index contributed by atoms with van der Waals surface area (Å²) in [5.74, 6) is 0.557. The van der Waals surface area contributed by atoms with E-state index in [1.165, 1.54) is 0 Å². The van der Waals surface area contributed by atoms with Crippen LogP contribution in [-0.2, 0) is 11.2 Å². The summed E-state index contributed by atoms with van der Waals surface area (Å²) in [5.41, 5.74) is 8.00. The van der Waals surface area contributed by atoms with Gasteiger partial charge in [-0.3, -0.25) is 9.69 Å². The number of primary amides is 1. The fraction of sp³-hybridized carbons (Fsp3) is 0.391. The lowest BCUT2D eigenvalue weighted by Crippen LogP contribution is -2.53. The number of β-amino-alcohol motifs (C(OH)–C–C–N with tert-alkyl or cyclic N) is 1. The van der Waals surface area contributed by atoms with E-state index < -0.39 is 12.3 Å². The van der Waals surface area contributed by atoms with Crippen molar-refractivity contribution in [2.45, 2.75) is 25.5 Å². The largest absolute Gasteiger partial charge is 0.493 e. The molecule has 10 heteroatoms. The molecule has 3 amide bonds. The van der Waals surface area contributed by atoms with E-state index in [0.717, 1.165) is 30.8 Å². The first-order valence-electron chi connectivity index (χ1n) is 11.0. The summed E-state index contributed by atoms with van der Waals surface area (Å²) in [5, 5.41) is 16.6. The van der Waals surface area contributed by atoms with Crippen molar-refractivity contribution in [1.82, 2.24) is 4.90 Å². The van der Waals surface area contributed by atoms with Crippen LogP contribution in [0.3, 0.4) is 0 Å². The number of para-hydroxylation sites is 1. The van der Waals surface area contributed by atoms with Crippen molar-refractivity contribution in [3.8, 4) is 5.75 Å². The van der Waals surface area contributed by atoms with E-state index in [2.05, 4.69) is 15.5 Å². The number of halogens is 1. The molecule has 0 radical (unpaired) electrons. The highest BCUT2D eigenvalue weighted by Gasteiger charge is 2.26. The number of aliphatic hydroxyl groups is 1. The number of nitrogens with zero attached hydrogens (tertiary/aromatic N) is 2. The van der Waals surface area contributed by atoms with Crippen molar-refractivity contribution >= 4 is 40.6 Å². The quantitative estimate of drug-likeness (QED) is 0.459. The summed E-state index contributed by atoms with van der Waals surface area (Å²) in [6, 6.07) is 10.4. The van der Waals surface area contributed by atoms with Crippen molar-refractivity contribution in [2.24, 2.45) is 5.73 Å². The Hall–Kier alpha value is -3.01. The number of fused-ring (bicyclic) bond motifs is 1. The molecule has 1 atom stereocenters. The second-order valence-electron chi connectivity index (χ2n) is 8.12. The number of hydrogen-bond acceptors (Lipinski definition) is 6. The Balaban J connectivity index is 1.31. The van der Waals surface area contributed by atoms with Gasteiger partial charge in [-0.1, -0.05) is 23.7 Å². The summed E-state index contributed by atoms with van der Waals surface area (Å²) in [7, 11) is 0. The van der Waals surface area contributed by atoms with Crippen molar-refractivity contribution in [3.05, 3.63) is 47.0 Å². The molecule has 5 N–H and O–H groups in total. The van der Waals surface area contributed by atoms with E-state index in [1.807, 2.05) is 29.2 Å². The second kappa shape index (κ2) is 10.3. The van der Waals surface area contributed by atoms with Gasteiger partial charge in [0.05, 0.1) is 35.2 Å². The lowest BCUT2D eigenvalue weighted by Gasteiger charge is -2.40. The summed E-state index contributed by atoms with van der Waals surface area (Å²) in [6.07, 6.45) is 1.02. The summed E-state index contributed by atoms with van der Waals surface area (Å²) in [4.78, 5) is 27.2. The van der Waals surface area contributed by atoms with Crippen molar-refractivity contribution in [1.29, 1.82) is 0 Å². The molecule has 0 aliphatic carbocycles. The summed E-state index contributed by atoms with van der Waals surface area (Å²) >= 11 is 6.29. The highest BCUT2D eigenvalue weighted by atomic mass is 35.5. The van der Waals surface area contributed by atoms with Gasteiger partial charge in [0.2, 0.25) is 5.91 Å². The third-order valence-corrected chi connectivity index (χ3v) is 6.22. The van der Waals surface area contributed by atoms with E-state index in [-0.39, 0.29) is 5.91 Å². The van der Waals surface area contributed by atoms with Gasteiger partial charge in [0, 0.05) is 31.6 Å². The van der Waals surface area contributed by atoms with E-state index >= 15 is 0 Å². The predicted molar refractivity (Wildman–Crippen MR) is 128 cm³/mol. The molecule has 33 heavy (non-hydrogen) atoms. The molecule has 2 aromatic rings. The van der Waals surface area contributed by atoms with Gasteiger partial charge in [0.1, 0.15) is 12.0 Å². The number of amides is 3. The van der Waals surface area contributed by atoms with E-state index in [9.17, 15) is 14.7 Å². The van der Waals surface area contributed by atoms with E-state index in [1.54, 1.807) is 12.1 Å². The Labute approximate surface area is 197 Å². The van der Waals surface area contributed by atoms with E-state index in [4.69, 9.17) is 22.1 Å². The molecule has 176 valence electrons. The molecule has 2 heterocycles. The van der Waals surface area contributed by atoms with Crippen LogP contribution >= 0.6 is 11.6 Å². The smallest absolute Gasteiger partial charge is 0.316 e. The molecule has 2 aliphatic heterocycles. The fourth-order valence-electron chi connectivity index (χ4n) is 4.27. The Morgan fingerprint density at radius 3 is 2.82 bits per heavy atom. The van der Waals surface area contributed by atoms with Crippen LogP contribution in [0, 0.1) is 0 Å². The SMILES string of the molecule is NC(=O)Nc1ccc(OCCCN2CCN(c3ccccc3Cl)CC2O)c2c1NC(=O)CC2. The number of hydrogen-bond donors (Lipinski definition) is 4. The number of rotatable bonds is 7. The van der Waals surface area contributed by atoms with Crippen LogP contribution < -0.4 is 26.0 Å². The zero-order valence-corrected chi connectivity index (χ0v) is 19.0. The van der Waals surface area contributed by atoms with Crippen molar-refractivity contribution in [3.63, 3.8) is 0 Å². The zero-order chi connectivity index (χ0) is 23.4. The second-order valence-corrected chi connectivity index (χ2v) is 8.53. The average Bonchev–Trinajstić information content (AvgIpc) is 2.78. The number of benzene rings is 2. The van der Waals surface area contributed by atoms with Gasteiger partial charge in [-0.05, 0) is 37.1 Å². The minimum Gasteiger partial charge on any atom is -0.493 e. The van der Waals surface area contributed by atoms with Crippen molar-refractivity contribution < 1.29 is 19.4 Å². The third kappa shape index (κ3) is 5.50. The van der Waals surface area contributed by atoms with Gasteiger partial charge in [-0.2, -0.15) is 0 Å². The topological polar surface area (TPSA) is 120 Å². The molecule has 0 saturated carbocycles. The molecular weight excluding hydrogens is 446 g/mol. The molecular formula is C23H28ClN5O4. The normalized spacial score (nSPS) is 18.4. The minimum atomic E-state index is -0.695. The zero-order valence-electron chi connectivity index (χ0n) is 18.2. The average molecular weight is 474 g/mol. The molecule has 4 rings (SSSR count). The first-order chi connectivity index (χ1) is 15.9. The van der Waals surface area contributed by atoms with Crippen LogP contribution in [0.1, 0.15) is 18.4 Å². The van der Waals surface area contributed by atoms with Crippen LogP contribution in [0.15, 0.2) is 36.4 Å². The number of nitrogens with two attached hydrogens (primary N) is 1. The first kappa shape index (κ1) is 23.2. The van der Waals surface area contributed by atoms with Crippen LogP contribution in [0.25, 0.3) is 0 Å². The standard InChI is InChI=1S/C23H28ClN5O4/c24-16-4-1-2-5-18(16)29-12-11-28(21(31)14-29)10-3-13-33-19-8-7-17(26-23(25)32)22-15(19)6-9-20(30)27-22/h1-2,4-5,7-8,21,31H,3,6,9-14H2,(H,27,30)(H3,25,26,32). The monoisotopic (exact) mass is 473 g/mol. The minimum absolute atomic E-state index is 0.114. The van der Waals surface area contributed by atoms with Crippen LogP contribution in [-0.4, -0.2) is 61.0 Å². The highest BCUT2D eigenvalue weighted by Crippen LogP contribution is 2.37. The summed E-state index contributed by atoms with van der Waals surface area (Å²) < 4.78 is 6.00. The van der Waals surface area contributed by atoms with Gasteiger partial charge in [0.25, 0.3) is 0 Å². The highest BCUT2D eigenvalue weighted by molar-refractivity contribution is 6.33. The molecule has 1 saturated heterocycles. The van der Waals surface area contributed by atoms with Crippen LogP contribution in [0.2, 0.25) is 5.02 Å². The molecule has 0 bridgehead atoms. The Morgan fingerprint density at radius 1 is 1.24 bits per heavy atom. The van der Waals surface area contributed by atoms with Gasteiger partial charge in [0.15, 0.2) is 0 Å². The molecule has 1 unspecified atom stereocenters. The number of piperazine rings is 1. The maximum atomic E-state index is 11.8. The Morgan fingerprint density at radius 2 is 2.06 bits per heavy atom. The lowest BCUT2D eigenvalue weighted by molar-refractivity contribution is -0.116. The molecule has 9 nitrogen and oxygen atoms in total. The predicted octanol–water partition coefficient (Wildman–Crippen LogP) is 2.62. The Bertz CT molecular complexity index is 1030. The summed E-state index contributed by atoms with van der Waals surface area (Å²) in [6.45, 7) is 3.15. The Kier molecular flexibility index (Phi) is 7.22. The maximum absolute atomic E-state index is 11.8. The number of anilines is 3. The molecule has 0 spiro atoms. The number of urea groups is 1. The molecule has 2 aliphatic rings. The number of nitrogens with one attached hydrogen (secondary N) is 2. The number of ether oxygens (including phenoxy) is 1. The van der Waals surface area contributed by atoms with Crippen LogP contribution in [0.5, 0.6) is 5.75 Å². The maximum Gasteiger partial charge on any atom is 0.316 e. The molecule has 0 aromatic heterocycles. The first-order valence-corrected chi connectivity index (χ1v) is 11.4. The number of carbonyl (C=O) groups excluding carboxylic acids is 2. The van der Waals surface area contributed by atoms with Gasteiger partial charge in [-0.25, -0.2) is 4.79 Å². The molecule has 1 fully saturated rings. The van der Waals surface area contributed by atoms with Crippen molar-refractivity contribution in [2.75, 3.05) is 48.3 Å². The van der Waals surface area contributed by atoms with E-state index in [0.29, 0.717) is 54.7 Å². The third-order valence-electron chi connectivity index (χ3n) is 5.90. The fourth-order valence-corrected chi connectivity index (χ4v) is 4.53. The van der Waals surface area contributed by atoms with Gasteiger partial charge < -0.3 is 31.1 Å². The molecule has 2 aromatic carbocycles. The number of aliphatic hydroxyl groups excluding tert-OH is 1. The number of carbonyl (C=O) groups is 2. The van der Waals surface area contributed by atoms with Crippen LogP contribution in [0.4, 0.5) is 21.9 Å². The van der Waals surface area contributed by atoms with Gasteiger partial charge >= 0.3 is 6.03 Å². The van der Waals surface area contributed by atoms with Gasteiger partial charge in [-0.15, -0.1) is 0 Å². The lowest BCUT2D eigenvalue weighted by atomic mass is 10.0.